The van der Waals surface area contributed by atoms with Crippen molar-refractivity contribution in [3.63, 3.8) is 0 Å². The first-order valence-electron chi connectivity index (χ1n) is 10.3. The quantitative estimate of drug-likeness (QED) is 0.243. The summed E-state index contributed by atoms with van der Waals surface area (Å²) in [6, 6.07) is 7.74. The lowest BCUT2D eigenvalue weighted by molar-refractivity contribution is -0.139. The maximum Gasteiger partial charge on any atom is 0.420 e. The monoisotopic (exact) mass is 465 g/mol. The summed E-state index contributed by atoms with van der Waals surface area (Å²) in [4.78, 5) is 13.8. The van der Waals surface area contributed by atoms with E-state index in [2.05, 4.69) is 10.6 Å². The largest absolute Gasteiger partial charge is 0.506 e. The van der Waals surface area contributed by atoms with Crippen LogP contribution in [-0.2, 0) is 11.0 Å². The Labute approximate surface area is 189 Å². The highest BCUT2D eigenvalue weighted by atomic mass is 19.4. The number of benzene rings is 2. The van der Waals surface area contributed by atoms with Crippen molar-refractivity contribution in [2.75, 3.05) is 36.9 Å². The number of nitrogens with zero attached hydrogens (tertiary/aromatic N) is 1. The Morgan fingerprint density at radius 1 is 1.27 bits per heavy atom. The predicted molar refractivity (Wildman–Crippen MR) is 119 cm³/mol. The summed E-state index contributed by atoms with van der Waals surface area (Å²) >= 11 is 0. The molecule has 2 aromatic carbocycles. The summed E-state index contributed by atoms with van der Waals surface area (Å²) in [6.45, 7) is 1.09. The Morgan fingerprint density at radius 3 is 2.61 bits per heavy atom. The highest BCUT2D eigenvalue weighted by Gasteiger charge is 2.36. The molecular formula is C22H26F3N5O3. The normalized spacial score (nSPS) is 14.5. The SMILES string of the molecule is CN(CC(=O)Nc1cc(C(=N)N)ccc1O)c1ccc(OC2CCNCC2)c(C(F)(F)F)c1. The van der Waals surface area contributed by atoms with Crippen LogP contribution in [0.4, 0.5) is 24.5 Å². The Balaban J connectivity index is 1.73. The van der Waals surface area contributed by atoms with Crippen molar-refractivity contribution in [2.45, 2.75) is 25.1 Å². The van der Waals surface area contributed by atoms with Gasteiger partial charge in [-0.15, -0.1) is 0 Å². The first-order valence-corrected chi connectivity index (χ1v) is 10.3. The molecular weight excluding hydrogens is 439 g/mol. The number of phenols is 1. The summed E-state index contributed by atoms with van der Waals surface area (Å²) in [5.74, 6) is -1.28. The highest BCUT2D eigenvalue weighted by molar-refractivity contribution is 5.99. The number of halogens is 3. The molecule has 0 atom stereocenters. The molecule has 2 aromatic rings. The zero-order valence-corrected chi connectivity index (χ0v) is 18.0. The highest BCUT2D eigenvalue weighted by Crippen LogP contribution is 2.39. The predicted octanol–water partition coefficient (Wildman–Crippen LogP) is 2.90. The molecule has 0 saturated carbocycles. The average Bonchev–Trinajstić information content (AvgIpc) is 2.75. The van der Waals surface area contributed by atoms with Crippen LogP contribution in [0.25, 0.3) is 0 Å². The van der Waals surface area contributed by atoms with Crippen LogP contribution in [-0.4, -0.2) is 49.6 Å². The number of rotatable bonds is 7. The lowest BCUT2D eigenvalue weighted by Crippen LogP contribution is -2.34. The van der Waals surface area contributed by atoms with E-state index in [1.807, 2.05) is 0 Å². The smallest absolute Gasteiger partial charge is 0.420 e. The maximum atomic E-state index is 13.7. The Bertz CT molecular complexity index is 1020. The third-order valence-electron chi connectivity index (χ3n) is 5.25. The van der Waals surface area contributed by atoms with Crippen LogP contribution >= 0.6 is 0 Å². The van der Waals surface area contributed by atoms with E-state index in [1.54, 1.807) is 0 Å². The van der Waals surface area contributed by atoms with Crippen molar-refractivity contribution in [2.24, 2.45) is 5.73 Å². The number of carbonyl (C=O) groups excluding carboxylic acids is 1. The molecule has 8 nitrogen and oxygen atoms in total. The van der Waals surface area contributed by atoms with E-state index in [4.69, 9.17) is 15.9 Å². The van der Waals surface area contributed by atoms with Crippen LogP contribution in [0.1, 0.15) is 24.0 Å². The number of aromatic hydroxyl groups is 1. The molecule has 11 heteroatoms. The number of hydrogen-bond donors (Lipinski definition) is 5. The summed E-state index contributed by atoms with van der Waals surface area (Å²) in [5.41, 5.74) is 5.03. The lowest BCUT2D eigenvalue weighted by Gasteiger charge is -2.26. The van der Waals surface area contributed by atoms with Crippen molar-refractivity contribution in [3.8, 4) is 11.5 Å². The molecule has 1 heterocycles. The molecule has 33 heavy (non-hydrogen) atoms. The number of nitrogen functional groups attached to an aromatic ring is 1. The standard InChI is InChI=1S/C22H26F3N5O3/c1-30(12-20(32)29-17-10-13(21(26)27)2-4-18(17)31)14-3-5-19(16(11-14)22(23,24)25)33-15-6-8-28-9-7-15/h2-5,10-11,15,28,31H,6-9,12H2,1H3,(H3,26,27)(H,29,32). The number of alkyl halides is 3. The summed E-state index contributed by atoms with van der Waals surface area (Å²) in [7, 11) is 1.48. The second-order valence-corrected chi connectivity index (χ2v) is 7.80. The fourth-order valence-electron chi connectivity index (χ4n) is 3.47. The van der Waals surface area contributed by atoms with Crippen molar-refractivity contribution >= 4 is 23.1 Å². The molecule has 1 aliphatic heterocycles. The van der Waals surface area contributed by atoms with Crippen LogP contribution in [0.2, 0.25) is 0 Å². The van der Waals surface area contributed by atoms with Crippen molar-refractivity contribution in [1.29, 1.82) is 5.41 Å². The van der Waals surface area contributed by atoms with Crippen molar-refractivity contribution in [1.82, 2.24) is 5.32 Å². The molecule has 0 aromatic heterocycles. The van der Waals surface area contributed by atoms with Gasteiger partial charge in [0.2, 0.25) is 5.91 Å². The van der Waals surface area contributed by atoms with E-state index < -0.39 is 17.6 Å². The number of likely N-dealkylation sites (N-methyl/N-ethyl adjacent to an activating group) is 1. The van der Waals surface area contributed by atoms with E-state index >= 15 is 0 Å². The van der Waals surface area contributed by atoms with Gasteiger partial charge in [-0.05, 0) is 62.3 Å². The molecule has 6 N–H and O–H groups in total. The molecule has 0 aliphatic carbocycles. The van der Waals surface area contributed by atoms with Gasteiger partial charge in [0.25, 0.3) is 0 Å². The molecule has 0 radical (unpaired) electrons. The van der Waals surface area contributed by atoms with Gasteiger partial charge in [0, 0.05) is 18.3 Å². The minimum absolute atomic E-state index is 0.0443. The van der Waals surface area contributed by atoms with Crippen molar-refractivity contribution in [3.05, 3.63) is 47.5 Å². The third kappa shape index (κ3) is 6.28. The molecule has 0 unspecified atom stereocenters. The number of carbonyl (C=O) groups is 1. The van der Waals surface area contributed by atoms with E-state index in [1.165, 1.54) is 42.3 Å². The fraction of sp³-hybridized carbons (Fsp3) is 0.364. The van der Waals surface area contributed by atoms with Crippen molar-refractivity contribution < 1.29 is 27.8 Å². The summed E-state index contributed by atoms with van der Waals surface area (Å²) in [5, 5.41) is 23.0. The minimum atomic E-state index is -4.62. The van der Waals surface area contributed by atoms with E-state index in [-0.39, 0.29) is 41.4 Å². The minimum Gasteiger partial charge on any atom is -0.506 e. The molecule has 1 fully saturated rings. The van der Waals surface area contributed by atoms with Crippen LogP contribution in [0.3, 0.4) is 0 Å². The molecule has 0 bridgehead atoms. The number of piperidine rings is 1. The molecule has 1 aliphatic rings. The number of amidine groups is 1. The van der Waals surface area contributed by atoms with Crippen LogP contribution in [0.5, 0.6) is 11.5 Å². The second kappa shape index (κ2) is 9.99. The summed E-state index contributed by atoms with van der Waals surface area (Å²) < 4.78 is 46.7. The van der Waals surface area contributed by atoms with Crippen LogP contribution in [0.15, 0.2) is 36.4 Å². The van der Waals surface area contributed by atoms with Gasteiger partial charge in [-0.25, -0.2) is 0 Å². The zero-order valence-electron chi connectivity index (χ0n) is 18.0. The van der Waals surface area contributed by atoms with Gasteiger partial charge < -0.3 is 31.1 Å². The number of nitrogens with one attached hydrogen (secondary N) is 3. The number of ether oxygens (including phenoxy) is 1. The average molecular weight is 465 g/mol. The number of hydrogen-bond acceptors (Lipinski definition) is 6. The van der Waals surface area contributed by atoms with Gasteiger partial charge in [-0.2, -0.15) is 13.2 Å². The molecule has 1 amide bonds. The number of anilines is 2. The van der Waals surface area contributed by atoms with E-state index in [9.17, 15) is 23.1 Å². The number of amides is 1. The van der Waals surface area contributed by atoms with E-state index in [0.717, 1.165) is 6.07 Å². The molecule has 3 rings (SSSR count). The van der Waals surface area contributed by atoms with Gasteiger partial charge in [-0.1, -0.05) is 0 Å². The Kier molecular flexibility index (Phi) is 7.32. The van der Waals surface area contributed by atoms with Gasteiger partial charge in [0.15, 0.2) is 0 Å². The number of phenolic OH excluding ortho intramolecular Hbond substituents is 1. The summed E-state index contributed by atoms with van der Waals surface area (Å²) in [6.07, 6.45) is -3.67. The fourth-order valence-corrected chi connectivity index (χ4v) is 3.47. The second-order valence-electron chi connectivity index (χ2n) is 7.80. The topological polar surface area (TPSA) is 124 Å². The molecule has 1 saturated heterocycles. The Hall–Kier alpha value is -3.47. The van der Waals surface area contributed by atoms with Crippen LogP contribution < -0.4 is 26.0 Å². The van der Waals surface area contributed by atoms with Gasteiger partial charge in [0.05, 0.1) is 17.8 Å². The zero-order chi connectivity index (χ0) is 24.2. The first kappa shape index (κ1) is 24.2. The maximum absolute atomic E-state index is 13.7. The van der Waals surface area contributed by atoms with Gasteiger partial charge in [-0.3, -0.25) is 10.2 Å². The van der Waals surface area contributed by atoms with Gasteiger partial charge in [0.1, 0.15) is 23.4 Å². The number of nitrogens with two attached hydrogens (primary N) is 1. The molecule has 178 valence electrons. The van der Waals surface area contributed by atoms with Crippen LogP contribution in [0, 0.1) is 5.41 Å². The Morgan fingerprint density at radius 2 is 1.97 bits per heavy atom. The van der Waals surface area contributed by atoms with Gasteiger partial charge >= 0.3 is 6.18 Å². The first-order chi connectivity index (χ1) is 15.5. The third-order valence-corrected chi connectivity index (χ3v) is 5.25. The van der Waals surface area contributed by atoms with E-state index in [0.29, 0.717) is 31.5 Å². The molecule has 0 spiro atoms. The lowest BCUT2D eigenvalue weighted by atomic mass is 10.1.